The highest BCUT2D eigenvalue weighted by Gasteiger charge is 2.11. The van der Waals surface area contributed by atoms with E-state index >= 15 is 0 Å². The van der Waals surface area contributed by atoms with Crippen LogP contribution in [0, 0.1) is 6.92 Å². The first kappa shape index (κ1) is 9.92. The molecule has 1 rings (SSSR count). The molecule has 3 nitrogen and oxygen atoms in total. The summed E-state index contributed by atoms with van der Waals surface area (Å²) in [5.41, 5.74) is 0. The molecule has 1 heterocycles. The fourth-order valence-electron chi connectivity index (χ4n) is 0.963. The molecule has 1 aromatic heterocycles. The molecule has 0 saturated carbocycles. The van der Waals surface area contributed by atoms with E-state index in [2.05, 4.69) is 0 Å². The number of Topliss-reactive ketones (excluding diaryl/α,β-unsaturated/α-hetero) is 1. The molecule has 0 spiro atoms. The van der Waals surface area contributed by atoms with Gasteiger partial charge in [0.15, 0.2) is 0 Å². The highest BCUT2D eigenvalue weighted by Crippen LogP contribution is 2.16. The van der Waals surface area contributed by atoms with Gasteiger partial charge in [0, 0.05) is 16.2 Å². The quantitative estimate of drug-likeness (QED) is 0.748. The number of carbonyl (C=O) groups is 2. The smallest absolute Gasteiger partial charge is 0.372 e. The van der Waals surface area contributed by atoms with Crippen LogP contribution in [0.4, 0.5) is 0 Å². The van der Waals surface area contributed by atoms with Crippen molar-refractivity contribution < 1.29 is 14.7 Å². The Labute approximate surface area is 80.0 Å². The van der Waals surface area contributed by atoms with Crippen LogP contribution in [0.5, 0.6) is 0 Å². The van der Waals surface area contributed by atoms with Gasteiger partial charge in [-0.15, -0.1) is 11.3 Å². The van der Waals surface area contributed by atoms with E-state index in [0.717, 1.165) is 4.88 Å². The van der Waals surface area contributed by atoms with Gasteiger partial charge in [0.25, 0.3) is 0 Å². The van der Waals surface area contributed by atoms with Crippen molar-refractivity contribution in [2.45, 2.75) is 19.8 Å². The van der Waals surface area contributed by atoms with Crippen LogP contribution in [0.25, 0.3) is 0 Å². The Kier molecular flexibility index (Phi) is 3.19. The van der Waals surface area contributed by atoms with Crippen LogP contribution in [0.3, 0.4) is 0 Å². The zero-order valence-corrected chi connectivity index (χ0v) is 8.06. The number of carboxylic acids is 1. The van der Waals surface area contributed by atoms with Gasteiger partial charge in [0.2, 0.25) is 5.78 Å². The number of hydrogen-bond donors (Lipinski definition) is 1. The average Bonchev–Trinajstić information content (AvgIpc) is 2.47. The second-order valence-electron chi connectivity index (χ2n) is 2.74. The molecule has 13 heavy (non-hydrogen) atoms. The number of thiophene rings is 1. The van der Waals surface area contributed by atoms with Crippen LogP contribution >= 0.6 is 11.3 Å². The first-order valence-corrected chi connectivity index (χ1v) is 4.72. The van der Waals surface area contributed by atoms with Gasteiger partial charge in [-0.2, -0.15) is 0 Å². The van der Waals surface area contributed by atoms with Gasteiger partial charge >= 0.3 is 5.97 Å². The fourth-order valence-corrected chi connectivity index (χ4v) is 1.85. The molecule has 70 valence electrons. The molecule has 1 aromatic rings. The number of aryl methyl sites for hydroxylation is 2. The molecule has 0 aliphatic carbocycles. The molecular weight excluding hydrogens is 188 g/mol. The highest BCUT2D eigenvalue weighted by atomic mass is 32.1. The van der Waals surface area contributed by atoms with Gasteiger partial charge in [-0.25, -0.2) is 4.79 Å². The van der Waals surface area contributed by atoms with E-state index in [1.165, 1.54) is 4.88 Å². The second-order valence-corrected chi connectivity index (χ2v) is 4.11. The third kappa shape index (κ3) is 2.99. The Morgan fingerprint density at radius 1 is 1.46 bits per heavy atom. The van der Waals surface area contributed by atoms with Crippen molar-refractivity contribution in [2.75, 3.05) is 0 Å². The summed E-state index contributed by atoms with van der Waals surface area (Å²) >= 11 is 1.60. The lowest BCUT2D eigenvalue weighted by Gasteiger charge is -1.92. The zero-order valence-electron chi connectivity index (χ0n) is 7.24. The zero-order chi connectivity index (χ0) is 9.84. The normalized spacial score (nSPS) is 9.92. The molecule has 4 heteroatoms. The van der Waals surface area contributed by atoms with Crippen LogP contribution in [-0.4, -0.2) is 16.9 Å². The van der Waals surface area contributed by atoms with E-state index in [1.54, 1.807) is 11.3 Å². The van der Waals surface area contributed by atoms with Gasteiger partial charge < -0.3 is 5.11 Å². The Hall–Kier alpha value is -1.16. The topological polar surface area (TPSA) is 54.4 Å². The largest absolute Gasteiger partial charge is 0.476 e. The van der Waals surface area contributed by atoms with E-state index in [1.807, 2.05) is 19.1 Å². The number of carbonyl (C=O) groups excluding carboxylic acids is 1. The van der Waals surface area contributed by atoms with Crippen molar-refractivity contribution in [3.8, 4) is 0 Å². The summed E-state index contributed by atoms with van der Waals surface area (Å²) < 4.78 is 0. The minimum absolute atomic E-state index is 0.0925. The van der Waals surface area contributed by atoms with Crippen molar-refractivity contribution in [1.29, 1.82) is 0 Å². The summed E-state index contributed by atoms with van der Waals surface area (Å²) in [7, 11) is 0. The Balaban J connectivity index is 2.44. The van der Waals surface area contributed by atoms with Crippen molar-refractivity contribution in [3.05, 3.63) is 21.9 Å². The lowest BCUT2D eigenvalue weighted by Crippen LogP contribution is -2.12. The lowest BCUT2D eigenvalue weighted by atomic mass is 10.2. The third-order valence-electron chi connectivity index (χ3n) is 1.63. The summed E-state index contributed by atoms with van der Waals surface area (Å²) in [6.07, 6.45) is 0.624. The maximum atomic E-state index is 10.7. The van der Waals surface area contributed by atoms with Crippen LogP contribution < -0.4 is 0 Å². The van der Waals surface area contributed by atoms with Crippen molar-refractivity contribution in [2.24, 2.45) is 0 Å². The molecule has 0 aliphatic heterocycles. The number of hydrogen-bond acceptors (Lipinski definition) is 3. The summed E-state index contributed by atoms with van der Waals surface area (Å²) in [6, 6.07) is 3.89. The Morgan fingerprint density at radius 3 is 2.62 bits per heavy atom. The maximum Gasteiger partial charge on any atom is 0.372 e. The van der Waals surface area contributed by atoms with E-state index in [4.69, 9.17) is 5.11 Å². The van der Waals surface area contributed by atoms with E-state index in [-0.39, 0.29) is 6.42 Å². The molecule has 0 bridgehead atoms. The predicted octanol–water partition coefficient (Wildman–Crippen LogP) is 1.64. The van der Waals surface area contributed by atoms with Gasteiger partial charge in [0.05, 0.1) is 0 Å². The lowest BCUT2D eigenvalue weighted by molar-refractivity contribution is -0.149. The molecule has 0 unspecified atom stereocenters. The average molecular weight is 198 g/mol. The molecule has 0 saturated heterocycles. The second kappa shape index (κ2) is 4.18. The van der Waals surface area contributed by atoms with Crippen LogP contribution in [0.15, 0.2) is 12.1 Å². The summed E-state index contributed by atoms with van der Waals surface area (Å²) in [4.78, 5) is 23.1. The van der Waals surface area contributed by atoms with Crippen LogP contribution in [0.1, 0.15) is 16.2 Å². The van der Waals surface area contributed by atoms with Crippen molar-refractivity contribution >= 4 is 23.1 Å². The van der Waals surface area contributed by atoms with Gasteiger partial charge in [-0.3, -0.25) is 4.79 Å². The Bertz CT molecular complexity index is 327. The molecule has 0 aromatic carbocycles. The molecule has 1 N–H and O–H groups in total. The predicted molar refractivity (Wildman–Crippen MR) is 50.0 cm³/mol. The standard InChI is InChI=1S/C9H10O3S/c1-6-2-3-7(13-6)4-5-8(10)9(11)12/h2-3H,4-5H2,1H3,(H,11,12). The number of carboxylic acid groups (broad SMARTS) is 1. The minimum Gasteiger partial charge on any atom is -0.476 e. The SMILES string of the molecule is Cc1ccc(CCC(=O)C(=O)O)s1. The Morgan fingerprint density at radius 2 is 2.15 bits per heavy atom. The molecule has 0 radical (unpaired) electrons. The number of rotatable bonds is 4. The van der Waals surface area contributed by atoms with Crippen LogP contribution in [0.2, 0.25) is 0 Å². The number of aliphatic carboxylic acids is 1. The summed E-state index contributed by atoms with van der Waals surface area (Å²) in [5.74, 6) is -2.06. The van der Waals surface area contributed by atoms with E-state index < -0.39 is 11.8 Å². The van der Waals surface area contributed by atoms with E-state index in [9.17, 15) is 9.59 Å². The minimum atomic E-state index is -1.34. The van der Waals surface area contributed by atoms with Gasteiger partial charge in [0.1, 0.15) is 0 Å². The monoisotopic (exact) mass is 198 g/mol. The first-order chi connectivity index (χ1) is 6.09. The maximum absolute atomic E-state index is 10.7. The summed E-state index contributed by atoms with van der Waals surface area (Å²) in [6.45, 7) is 1.98. The van der Waals surface area contributed by atoms with Gasteiger partial charge in [-0.05, 0) is 25.5 Å². The highest BCUT2D eigenvalue weighted by molar-refractivity contribution is 7.11. The van der Waals surface area contributed by atoms with Gasteiger partial charge in [-0.1, -0.05) is 0 Å². The fraction of sp³-hybridized carbons (Fsp3) is 0.333. The molecular formula is C9H10O3S. The third-order valence-corrected chi connectivity index (χ3v) is 2.69. The first-order valence-electron chi connectivity index (χ1n) is 3.91. The molecule has 0 fully saturated rings. The number of ketones is 1. The molecule has 0 amide bonds. The van der Waals surface area contributed by atoms with Crippen LogP contribution in [-0.2, 0) is 16.0 Å². The molecule has 0 aliphatic rings. The molecule has 0 atom stereocenters. The van der Waals surface area contributed by atoms with E-state index in [0.29, 0.717) is 6.42 Å². The summed E-state index contributed by atoms with van der Waals surface area (Å²) in [5, 5.41) is 8.32. The van der Waals surface area contributed by atoms with Crippen molar-refractivity contribution in [3.63, 3.8) is 0 Å². The van der Waals surface area contributed by atoms with Crippen molar-refractivity contribution in [1.82, 2.24) is 0 Å².